The second kappa shape index (κ2) is 7.62. The van der Waals surface area contributed by atoms with Crippen LogP contribution in [0.3, 0.4) is 0 Å². The van der Waals surface area contributed by atoms with Crippen LogP contribution in [0.25, 0.3) is 10.8 Å². The lowest BCUT2D eigenvalue weighted by molar-refractivity contribution is 0.163. The maximum absolute atomic E-state index is 13.0. The van der Waals surface area contributed by atoms with E-state index in [1.165, 1.54) is 0 Å². The van der Waals surface area contributed by atoms with E-state index < -0.39 is 10.0 Å². The summed E-state index contributed by atoms with van der Waals surface area (Å²) in [5.41, 5.74) is 0. The van der Waals surface area contributed by atoms with E-state index in [9.17, 15) is 8.42 Å². The molecule has 0 spiro atoms. The Morgan fingerprint density at radius 3 is 2.43 bits per heavy atom. The quantitative estimate of drug-likeness (QED) is 0.655. The molecule has 0 aliphatic carbocycles. The lowest BCUT2D eigenvalue weighted by atomic mass is 10.1. The first-order valence-corrected chi connectivity index (χ1v) is 10.9. The number of fused-ring (bicyclic) bond motifs is 1. The van der Waals surface area contributed by atoms with Gasteiger partial charge < -0.3 is 4.52 Å². The van der Waals surface area contributed by atoms with Crippen LogP contribution in [-0.2, 0) is 16.6 Å². The SMILES string of the molecule is CC(C)c1noc(CN2CCN(S(=O)(=O)c3ccc4ccccc4c3)CC2)n1. The predicted molar refractivity (Wildman–Crippen MR) is 106 cm³/mol. The molecule has 0 unspecified atom stereocenters. The molecule has 1 saturated heterocycles. The Morgan fingerprint density at radius 2 is 1.75 bits per heavy atom. The number of hydrogen-bond acceptors (Lipinski definition) is 6. The molecule has 3 aromatic rings. The summed E-state index contributed by atoms with van der Waals surface area (Å²) in [6, 6.07) is 13.1. The molecule has 0 N–H and O–H groups in total. The highest BCUT2D eigenvalue weighted by Crippen LogP contribution is 2.23. The van der Waals surface area contributed by atoms with Crippen LogP contribution in [0, 0.1) is 0 Å². The van der Waals surface area contributed by atoms with Crippen molar-refractivity contribution >= 4 is 20.8 Å². The number of piperazine rings is 1. The standard InChI is InChI=1S/C20H24N4O3S/c1-15(2)20-21-19(27-22-20)14-23-9-11-24(12-10-23)28(25,26)18-8-7-16-5-3-4-6-17(16)13-18/h3-8,13,15H,9-12,14H2,1-2H3. The van der Waals surface area contributed by atoms with Gasteiger partial charge in [0.25, 0.3) is 0 Å². The minimum Gasteiger partial charge on any atom is -0.338 e. The lowest BCUT2D eigenvalue weighted by Gasteiger charge is -2.33. The Balaban J connectivity index is 1.43. The van der Waals surface area contributed by atoms with Crippen molar-refractivity contribution in [1.82, 2.24) is 19.3 Å². The van der Waals surface area contributed by atoms with Crippen molar-refractivity contribution in [2.24, 2.45) is 0 Å². The fourth-order valence-electron chi connectivity index (χ4n) is 3.36. The first-order chi connectivity index (χ1) is 13.4. The van der Waals surface area contributed by atoms with Crippen molar-refractivity contribution in [3.05, 3.63) is 54.2 Å². The summed E-state index contributed by atoms with van der Waals surface area (Å²) in [6.07, 6.45) is 0. The van der Waals surface area contributed by atoms with E-state index in [0.717, 1.165) is 10.8 Å². The van der Waals surface area contributed by atoms with Gasteiger partial charge in [-0.1, -0.05) is 49.3 Å². The molecule has 7 nitrogen and oxygen atoms in total. The zero-order valence-electron chi connectivity index (χ0n) is 16.1. The number of hydrogen-bond donors (Lipinski definition) is 0. The van der Waals surface area contributed by atoms with E-state index >= 15 is 0 Å². The minimum atomic E-state index is -3.50. The summed E-state index contributed by atoms with van der Waals surface area (Å²) in [7, 11) is -3.50. The van der Waals surface area contributed by atoms with Crippen LogP contribution in [-0.4, -0.2) is 53.9 Å². The van der Waals surface area contributed by atoms with Crippen LogP contribution in [0.4, 0.5) is 0 Å². The molecular formula is C20H24N4O3S. The van der Waals surface area contributed by atoms with Gasteiger partial charge in [-0.2, -0.15) is 9.29 Å². The lowest BCUT2D eigenvalue weighted by Crippen LogP contribution is -2.48. The van der Waals surface area contributed by atoms with Gasteiger partial charge in [-0.15, -0.1) is 0 Å². The summed E-state index contributed by atoms with van der Waals surface area (Å²) >= 11 is 0. The zero-order chi connectivity index (χ0) is 19.7. The van der Waals surface area contributed by atoms with Gasteiger partial charge in [0, 0.05) is 32.1 Å². The van der Waals surface area contributed by atoms with Crippen molar-refractivity contribution in [3.8, 4) is 0 Å². The third kappa shape index (κ3) is 3.80. The topological polar surface area (TPSA) is 79.5 Å². The normalized spacial score (nSPS) is 16.8. The van der Waals surface area contributed by atoms with Crippen molar-refractivity contribution < 1.29 is 12.9 Å². The summed E-state index contributed by atoms with van der Waals surface area (Å²) in [6.45, 7) is 6.73. The van der Waals surface area contributed by atoms with Gasteiger partial charge in [0.1, 0.15) is 0 Å². The van der Waals surface area contributed by atoms with Crippen LogP contribution in [0.2, 0.25) is 0 Å². The summed E-state index contributed by atoms with van der Waals surface area (Å²) in [4.78, 5) is 6.89. The molecular weight excluding hydrogens is 376 g/mol. The van der Waals surface area contributed by atoms with E-state index in [1.54, 1.807) is 16.4 Å². The highest BCUT2D eigenvalue weighted by atomic mass is 32.2. The number of benzene rings is 2. The minimum absolute atomic E-state index is 0.224. The summed E-state index contributed by atoms with van der Waals surface area (Å²) in [5, 5.41) is 5.94. The van der Waals surface area contributed by atoms with Gasteiger partial charge >= 0.3 is 0 Å². The Morgan fingerprint density at radius 1 is 1.04 bits per heavy atom. The highest BCUT2D eigenvalue weighted by Gasteiger charge is 2.29. The van der Waals surface area contributed by atoms with Crippen molar-refractivity contribution in [2.45, 2.75) is 31.2 Å². The Hall–Kier alpha value is -2.29. The Kier molecular flexibility index (Phi) is 5.18. The van der Waals surface area contributed by atoms with Crippen LogP contribution in [0.15, 0.2) is 51.9 Å². The molecule has 0 bridgehead atoms. The monoisotopic (exact) mass is 400 g/mol. The van der Waals surface area contributed by atoms with E-state index in [4.69, 9.17) is 4.52 Å². The fraction of sp³-hybridized carbons (Fsp3) is 0.400. The van der Waals surface area contributed by atoms with Crippen LogP contribution < -0.4 is 0 Å². The van der Waals surface area contributed by atoms with Crippen molar-refractivity contribution in [3.63, 3.8) is 0 Å². The molecule has 1 aliphatic heterocycles. The van der Waals surface area contributed by atoms with Gasteiger partial charge in [0.15, 0.2) is 5.82 Å². The van der Waals surface area contributed by atoms with Crippen molar-refractivity contribution in [2.75, 3.05) is 26.2 Å². The van der Waals surface area contributed by atoms with Crippen LogP contribution >= 0.6 is 0 Å². The molecule has 8 heteroatoms. The first kappa shape index (κ1) is 19.0. The van der Waals surface area contributed by atoms with E-state index in [1.807, 2.05) is 44.2 Å². The van der Waals surface area contributed by atoms with Gasteiger partial charge in [-0.3, -0.25) is 4.90 Å². The molecule has 0 atom stereocenters. The molecule has 0 saturated carbocycles. The van der Waals surface area contributed by atoms with Gasteiger partial charge in [0.05, 0.1) is 11.4 Å². The molecule has 1 aromatic heterocycles. The van der Waals surface area contributed by atoms with E-state index in [2.05, 4.69) is 15.0 Å². The average molecular weight is 401 g/mol. The maximum atomic E-state index is 13.0. The van der Waals surface area contributed by atoms with Crippen LogP contribution in [0.5, 0.6) is 0 Å². The van der Waals surface area contributed by atoms with E-state index in [0.29, 0.717) is 49.3 Å². The molecule has 1 aliphatic rings. The summed E-state index contributed by atoms with van der Waals surface area (Å²) in [5.74, 6) is 1.50. The third-order valence-corrected chi connectivity index (χ3v) is 6.94. The molecule has 0 amide bonds. The zero-order valence-corrected chi connectivity index (χ0v) is 16.9. The van der Waals surface area contributed by atoms with Gasteiger partial charge in [-0.05, 0) is 22.9 Å². The molecule has 148 valence electrons. The largest absolute Gasteiger partial charge is 0.338 e. The third-order valence-electron chi connectivity index (χ3n) is 5.05. The summed E-state index contributed by atoms with van der Waals surface area (Å²) < 4.78 is 32.9. The second-order valence-electron chi connectivity index (χ2n) is 7.39. The average Bonchev–Trinajstić information content (AvgIpc) is 3.17. The number of aromatic nitrogens is 2. The molecule has 4 rings (SSSR count). The highest BCUT2D eigenvalue weighted by molar-refractivity contribution is 7.89. The molecule has 2 aromatic carbocycles. The Bertz CT molecular complexity index is 1070. The maximum Gasteiger partial charge on any atom is 0.243 e. The van der Waals surface area contributed by atoms with E-state index in [-0.39, 0.29) is 5.92 Å². The Labute approximate surface area is 165 Å². The smallest absolute Gasteiger partial charge is 0.243 e. The second-order valence-corrected chi connectivity index (χ2v) is 9.33. The molecule has 28 heavy (non-hydrogen) atoms. The van der Waals surface area contributed by atoms with Crippen molar-refractivity contribution in [1.29, 1.82) is 0 Å². The van der Waals surface area contributed by atoms with Crippen LogP contribution in [0.1, 0.15) is 31.5 Å². The predicted octanol–water partition coefficient (Wildman–Crippen LogP) is 2.85. The van der Waals surface area contributed by atoms with Gasteiger partial charge in [0.2, 0.25) is 15.9 Å². The van der Waals surface area contributed by atoms with Gasteiger partial charge in [-0.25, -0.2) is 8.42 Å². The molecule has 2 heterocycles. The number of nitrogens with zero attached hydrogens (tertiary/aromatic N) is 4. The fourth-order valence-corrected chi connectivity index (χ4v) is 4.82. The first-order valence-electron chi connectivity index (χ1n) is 9.47. The number of sulfonamides is 1. The number of rotatable bonds is 5. The molecule has 0 radical (unpaired) electrons. The molecule has 1 fully saturated rings.